The molecule has 11 N–H and O–H groups in total. The molecule has 0 heterocycles. The zero-order valence-electron chi connectivity index (χ0n) is 18.2. The second-order valence-corrected chi connectivity index (χ2v) is 7.76. The number of carbonyl (C=O) groups is 6. The van der Waals surface area contributed by atoms with Crippen LogP contribution in [0.5, 0.6) is 0 Å². The van der Waals surface area contributed by atoms with E-state index in [1.54, 1.807) is 0 Å². The van der Waals surface area contributed by atoms with Gasteiger partial charge in [0.05, 0.1) is 25.0 Å². The predicted molar refractivity (Wildman–Crippen MR) is 110 cm³/mol. The van der Waals surface area contributed by atoms with E-state index in [0.717, 1.165) is 6.92 Å². The first-order valence-electron chi connectivity index (χ1n) is 9.79. The Morgan fingerprint density at radius 1 is 0.781 bits per heavy atom. The number of hydrogen-bond donors (Lipinski definition) is 8. The Bertz CT molecular complexity index is 726. The van der Waals surface area contributed by atoms with Gasteiger partial charge in [-0.2, -0.15) is 0 Å². The minimum Gasteiger partial charge on any atom is -0.480 e. The van der Waals surface area contributed by atoms with Crippen LogP contribution in [-0.2, 0) is 28.8 Å². The smallest absolute Gasteiger partial charge is 0.328 e. The van der Waals surface area contributed by atoms with Crippen LogP contribution < -0.4 is 33.2 Å². The minimum atomic E-state index is -1.73. The van der Waals surface area contributed by atoms with Crippen molar-refractivity contribution in [3.05, 3.63) is 0 Å². The molecule has 0 aromatic heterocycles. The van der Waals surface area contributed by atoms with E-state index in [9.17, 15) is 33.9 Å². The SMILES string of the molecule is CC(C)CC(N)C(=O)NC(CC(N)=O)C(=O)NC(CC(N)=O)C(=O)NC(C(=O)O)C(C)O. The molecule has 14 heteroatoms. The topological polar surface area (TPSA) is 257 Å². The van der Waals surface area contributed by atoms with Crippen molar-refractivity contribution in [2.45, 2.75) is 70.3 Å². The average molecular weight is 460 g/mol. The fraction of sp³-hybridized carbons (Fsp3) is 0.667. The molecule has 0 aromatic carbocycles. The maximum absolute atomic E-state index is 12.6. The van der Waals surface area contributed by atoms with Crippen LogP contribution in [0.2, 0.25) is 0 Å². The molecule has 182 valence electrons. The Hall–Kier alpha value is -3.26. The van der Waals surface area contributed by atoms with E-state index in [1.165, 1.54) is 0 Å². The van der Waals surface area contributed by atoms with Crippen molar-refractivity contribution in [2.75, 3.05) is 0 Å². The van der Waals surface area contributed by atoms with Crippen LogP contribution in [-0.4, -0.2) is 76.0 Å². The van der Waals surface area contributed by atoms with Crippen molar-refractivity contribution in [2.24, 2.45) is 23.1 Å². The number of amides is 5. The number of nitrogens with two attached hydrogens (primary N) is 3. The number of primary amides is 2. The van der Waals surface area contributed by atoms with E-state index in [4.69, 9.17) is 22.3 Å². The van der Waals surface area contributed by atoms with Gasteiger partial charge in [0.15, 0.2) is 6.04 Å². The lowest BCUT2D eigenvalue weighted by molar-refractivity contribution is -0.145. The summed E-state index contributed by atoms with van der Waals surface area (Å²) in [5, 5.41) is 24.9. The van der Waals surface area contributed by atoms with E-state index in [0.29, 0.717) is 6.42 Å². The largest absolute Gasteiger partial charge is 0.480 e. The number of carboxylic acid groups (broad SMARTS) is 1. The molecule has 0 saturated carbocycles. The van der Waals surface area contributed by atoms with E-state index < -0.39 is 78.6 Å². The molecular weight excluding hydrogens is 428 g/mol. The number of hydrogen-bond acceptors (Lipinski definition) is 8. The third-order valence-electron chi connectivity index (χ3n) is 4.18. The summed E-state index contributed by atoms with van der Waals surface area (Å²) in [5.41, 5.74) is 16.0. The zero-order chi connectivity index (χ0) is 25.2. The Kier molecular flexibility index (Phi) is 11.9. The summed E-state index contributed by atoms with van der Waals surface area (Å²) >= 11 is 0. The highest BCUT2D eigenvalue weighted by molar-refractivity contribution is 5.97. The standard InChI is InChI=1S/C18H32N6O8/c1-7(2)4-9(19)15(28)22-10(5-12(20)26)16(29)23-11(6-13(21)27)17(30)24-14(8(3)25)18(31)32/h7-11,14,25H,4-6,19H2,1-3H3,(H2,20,26)(H2,21,27)(H,22,28)(H,23,29)(H,24,30)(H,31,32). The van der Waals surface area contributed by atoms with Crippen molar-refractivity contribution in [3.8, 4) is 0 Å². The molecule has 5 amide bonds. The van der Waals surface area contributed by atoms with Gasteiger partial charge in [0.25, 0.3) is 0 Å². The van der Waals surface area contributed by atoms with Gasteiger partial charge in [0.2, 0.25) is 29.5 Å². The second kappa shape index (κ2) is 13.2. The fourth-order valence-electron chi connectivity index (χ4n) is 2.63. The summed E-state index contributed by atoms with van der Waals surface area (Å²) in [6.45, 7) is 4.76. The Labute approximate surface area is 184 Å². The molecule has 0 fully saturated rings. The van der Waals surface area contributed by atoms with E-state index >= 15 is 0 Å². The van der Waals surface area contributed by atoms with Gasteiger partial charge in [-0.15, -0.1) is 0 Å². The van der Waals surface area contributed by atoms with Gasteiger partial charge in [-0.25, -0.2) is 4.79 Å². The summed E-state index contributed by atoms with van der Waals surface area (Å²) in [6.07, 6.45) is -2.57. The number of aliphatic carboxylic acids is 1. The van der Waals surface area contributed by atoms with Crippen LogP contribution >= 0.6 is 0 Å². The molecule has 0 spiro atoms. The molecule has 0 radical (unpaired) electrons. The first-order valence-corrected chi connectivity index (χ1v) is 9.79. The minimum absolute atomic E-state index is 0.0684. The van der Waals surface area contributed by atoms with E-state index in [-0.39, 0.29) is 5.92 Å². The molecule has 0 aromatic rings. The predicted octanol–water partition coefficient (Wildman–Crippen LogP) is -3.97. The van der Waals surface area contributed by atoms with Crippen molar-refractivity contribution < 1.29 is 39.0 Å². The molecule has 0 aliphatic heterocycles. The Morgan fingerprint density at radius 2 is 1.19 bits per heavy atom. The van der Waals surface area contributed by atoms with Gasteiger partial charge in [-0.05, 0) is 19.3 Å². The Balaban J connectivity index is 5.54. The van der Waals surface area contributed by atoms with Gasteiger partial charge in [0, 0.05) is 0 Å². The third kappa shape index (κ3) is 10.7. The highest BCUT2D eigenvalue weighted by Gasteiger charge is 2.33. The maximum atomic E-state index is 12.6. The number of aliphatic hydroxyl groups is 1. The lowest BCUT2D eigenvalue weighted by Gasteiger charge is -2.25. The molecule has 0 saturated heterocycles. The van der Waals surface area contributed by atoms with Crippen LogP contribution in [0.1, 0.15) is 40.0 Å². The summed E-state index contributed by atoms with van der Waals surface area (Å²) in [5.74, 6) is -6.38. The van der Waals surface area contributed by atoms with Gasteiger partial charge < -0.3 is 43.4 Å². The van der Waals surface area contributed by atoms with Crippen LogP contribution in [0.25, 0.3) is 0 Å². The molecule has 5 atom stereocenters. The van der Waals surface area contributed by atoms with E-state index in [1.807, 2.05) is 19.2 Å². The van der Waals surface area contributed by atoms with Crippen LogP contribution in [0.15, 0.2) is 0 Å². The molecule has 14 nitrogen and oxygen atoms in total. The van der Waals surface area contributed by atoms with Gasteiger partial charge >= 0.3 is 5.97 Å². The summed E-state index contributed by atoms with van der Waals surface area (Å²) in [7, 11) is 0. The quantitative estimate of drug-likeness (QED) is 0.125. The molecule has 0 bridgehead atoms. The fourth-order valence-corrected chi connectivity index (χ4v) is 2.63. The Morgan fingerprint density at radius 3 is 1.53 bits per heavy atom. The van der Waals surface area contributed by atoms with E-state index in [2.05, 4.69) is 10.6 Å². The van der Waals surface area contributed by atoms with Crippen LogP contribution in [0.3, 0.4) is 0 Å². The lowest BCUT2D eigenvalue weighted by atomic mass is 10.0. The van der Waals surface area contributed by atoms with Crippen molar-refractivity contribution in [1.29, 1.82) is 0 Å². The monoisotopic (exact) mass is 460 g/mol. The third-order valence-corrected chi connectivity index (χ3v) is 4.18. The molecule has 0 aliphatic carbocycles. The molecule has 0 aliphatic rings. The highest BCUT2D eigenvalue weighted by atomic mass is 16.4. The number of nitrogens with one attached hydrogen (secondary N) is 3. The molecule has 0 rings (SSSR count). The number of carbonyl (C=O) groups excluding carboxylic acids is 5. The normalized spacial score (nSPS) is 15.6. The van der Waals surface area contributed by atoms with Crippen molar-refractivity contribution >= 4 is 35.5 Å². The zero-order valence-corrected chi connectivity index (χ0v) is 18.2. The van der Waals surface area contributed by atoms with Crippen molar-refractivity contribution in [3.63, 3.8) is 0 Å². The number of aliphatic hydroxyl groups excluding tert-OH is 1. The van der Waals surface area contributed by atoms with Gasteiger partial charge in [-0.1, -0.05) is 13.8 Å². The van der Waals surface area contributed by atoms with Gasteiger partial charge in [-0.3, -0.25) is 24.0 Å². The van der Waals surface area contributed by atoms with Gasteiger partial charge in [0.1, 0.15) is 12.1 Å². The lowest BCUT2D eigenvalue weighted by Crippen LogP contribution is -2.59. The average Bonchev–Trinajstić information content (AvgIpc) is 2.62. The van der Waals surface area contributed by atoms with Crippen molar-refractivity contribution in [1.82, 2.24) is 16.0 Å². The second-order valence-electron chi connectivity index (χ2n) is 7.76. The molecular formula is C18H32N6O8. The highest BCUT2D eigenvalue weighted by Crippen LogP contribution is 2.05. The number of rotatable bonds is 14. The molecule has 32 heavy (non-hydrogen) atoms. The van der Waals surface area contributed by atoms with Crippen LogP contribution in [0.4, 0.5) is 0 Å². The maximum Gasteiger partial charge on any atom is 0.328 e. The molecule has 5 unspecified atom stereocenters. The summed E-state index contributed by atoms with van der Waals surface area (Å²) in [4.78, 5) is 71.2. The summed E-state index contributed by atoms with van der Waals surface area (Å²) < 4.78 is 0. The number of carboxylic acids is 1. The van der Waals surface area contributed by atoms with Crippen LogP contribution in [0, 0.1) is 5.92 Å². The first kappa shape index (κ1) is 28.7. The first-order chi connectivity index (χ1) is 14.6. The summed E-state index contributed by atoms with van der Waals surface area (Å²) in [6, 6.07) is -5.89.